The quantitative estimate of drug-likeness (QED) is 0.497. The minimum absolute atomic E-state index is 0.734. The molecule has 0 bridgehead atoms. The standard InChI is InChI=1S/C8H12N2S/c1-5-3-6(9)4-7(10)8(5)11-2/h3-4H,9-10H2,1-2H3. The van der Waals surface area contributed by atoms with Gasteiger partial charge in [-0.2, -0.15) is 0 Å². The van der Waals surface area contributed by atoms with E-state index in [1.54, 1.807) is 17.8 Å². The number of hydrogen-bond acceptors (Lipinski definition) is 3. The minimum atomic E-state index is 0.734. The molecule has 0 fully saturated rings. The van der Waals surface area contributed by atoms with Crippen LogP contribution < -0.4 is 11.5 Å². The fourth-order valence-corrected chi connectivity index (χ4v) is 1.78. The molecule has 0 aliphatic heterocycles. The predicted octanol–water partition coefficient (Wildman–Crippen LogP) is 1.88. The molecule has 11 heavy (non-hydrogen) atoms. The number of benzene rings is 1. The van der Waals surface area contributed by atoms with Gasteiger partial charge in [-0.1, -0.05) is 0 Å². The minimum Gasteiger partial charge on any atom is -0.399 e. The summed E-state index contributed by atoms with van der Waals surface area (Å²) in [4.78, 5) is 1.12. The molecule has 2 nitrogen and oxygen atoms in total. The van der Waals surface area contributed by atoms with Gasteiger partial charge in [-0.25, -0.2) is 0 Å². The van der Waals surface area contributed by atoms with Crippen LogP contribution in [-0.4, -0.2) is 6.26 Å². The van der Waals surface area contributed by atoms with E-state index >= 15 is 0 Å². The summed E-state index contributed by atoms with van der Waals surface area (Å²) in [6, 6.07) is 3.72. The zero-order valence-corrected chi connectivity index (χ0v) is 7.53. The molecular formula is C8H12N2S. The number of nitrogens with two attached hydrogens (primary N) is 2. The van der Waals surface area contributed by atoms with E-state index < -0.39 is 0 Å². The Balaban J connectivity index is 3.25. The highest BCUT2D eigenvalue weighted by Crippen LogP contribution is 2.28. The summed E-state index contributed by atoms with van der Waals surface area (Å²) >= 11 is 1.65. The molecule has 3 heteroatoms. The number of thioether (sulfide) groups is 1. The predicted molar refractivity (Wildman–Crippen MR) is 51.8 cm³/mol. The highest BCUT2D eigenvalue weighted by molar-refractivity contribution is 7.98. The van der Waals surface area contributed by atoms with Crippen LogP contribution in [0.2, 0.25) is 0 Å². The van der Waals surface area contributed by atoms with Crippen LogP contribution in [0.25, 0.3) is 0 Å². The molecular weight excluding hydrogens is 156 g/mol. The Labute approximate surface area is 71.0 Å². The largest absolute Gasteiger partial charge is 0.399 e. The molecule has 1 aromatic carbocycles. The van der Waals surface area contributed by atoms with Crippen molar-refractivity contribution in [3.63, 3.8) is 0 Å². The van der Waals surface area contributed by atoms with Gasteiger partial charge in [-0.3, -0.25) is 0 Å². The lowest BCUT2D eigenvalue weighted by atomic mass is 10.2. The van der Waals surface area contributed by atoms with Crippen molar-refractivity contribution in [2.75, 3.05) is 17.7 Å². The van der Waals surface area contributed by atoms with Crippen molar-refractivity contribution < 1.29 is 0 Å². The van der Waals surface area contributed by atoms with Crippen LogP contribution in [0.4, 0.5) is 11.4 Å². The Morgan fingerprint density at radius 2 is 1.91 bits per heavy atom. The molecule has 0 amide bonds. The lowest BCUT2D eigenvalue weighted by molar-refractivity contribution is 1.31. The molecule has 1 aromatic rings. The van der Waals surface area contributed by atoms with E-state index in [0.29, 0.717) is 0 Å². The van der Waals surface area contributed by atoms with Gasteiger partial charge in [0.1, 0.15) is 0 Å². The molecule has 0 saturated carbocycles. The van der Waals surface area contributed by atoms with Crippen molar-refractivity contribution in [3.8, 4) is 0 Å². The summed E-state index contributed by atoms with van der Waals surface area (Å²) in [6.45, 7) is 2.01. The third kappa shape index (κ3) is 1.60. The average molecular weight is 168 g/mol. The molecule has 0 saturated heterocycles. The first kappa shape index (κ1) is 8.27. The molecule has 4 N–H and O–H groups in total. The Hall–Kier alpha value is -0.830. The first-order valence-corrected chi connectivity index (χ1v) is 4.57. The van der Waals surface area contributed by atoms with Crippen LogP contribution in [0.15, 0.2) is 17.0 Å². The number of aryl methyl sites for hydroxylation is 1. The highest BCUT2D eigenvalue weighted by Gasteiger charge is 2.01. The Kier molecular flexibility index (Phi) is 2.29. The molecule has 0 heterocycles. The maximum Gasteiger partial charge on any atom is 0.0475 e. The number of rotatable bonds is 1. The maximum absolute atomic E-state index is 5.73. The van der Waals surface area contributed by atoms with Gasteiger partial charge >= 0.3 is 0 Å². The topological polar surface area (TPSA) is 52.0 Å². The zero-order valence-electron chi connectivity index (χ0n) is 6.72. The summed E-state index contributed by atoms with van der Waals surface area (Å²) in [6.07, 6.45) is 2.01. The smallest absolute Gasteiger partial charge is 0.0475 e. The third-order valence-corrected chi connectivity index (χ3v) is 2.50. The number of anilines is 2. The SMILES string of the molecule is CSc1c(C)cc(N)cc1N. The molecule has 0 aliphatic rings. The number of nitrogen functional groups attached to an aromatic ring is 2. The summed E-state index contributed by atoms with van der Waals surface area (Å²) in [5.74, 6) is 0. The Bertz CT molecular complexity index is 248. The molecule has 0 aliphatic carbocycles. The van der Waals surface area contributed by atoms with E-state index in [4.69, 9.17) is 11.5 Å². The third-order valence-electron chi connectivity index (χ3n) is 1.53. The molecule has 0 unspecified atom stereocenters. The zero-order chi connectivity index (χ0) is 8.43. The van der Waals surface area contributed by atoms with Crippen molar-refractivity contribution in [1.82, 2.24) is 0 Å². The summed E-state index contributed by atoms with van der Waals surface area (Å²) in [7, 11) is 0. The second-order valence-electron chi connectivity index (χ2n) is 2.46. The van der Waals surface area contributed by atoms with E-state index in [9.17, 15) is 0 Å². The van der Waals surface area contributed by atoms with Crippen LogP contribution in [0.3, 0.4) is 0 Å². The van der Waals surface area contributed by atoms with Crippen LogP contribution >= 0.6 is 11.8 Å². The summed E-state index contributed by atoms with van der Waals surface area (Å²) in [5, 5.41) is 0. The Morgan fingerprint density at radius 1 is 1.27 bits per heavy atom. The van der Waals surface area contributed by atoms with Crippen molar-refractivity contribution >= 4 is 23.1 Å². The van der Waals surface area contributed by atoms with E-state index in [0.717, 1.165) is 21.8 Å². The van der Waals surface area contributed by atoms with E-state index in [1.807, 2.05) is 19.2 Å². The van der Waals surface area contributed by atoms with Crippen LogP contribution in [0, 0.1) is 6.92 Å². The van der Waals surface area contributed by atoms with Gasteiger partial charge in [0, 0.05) is 16.3 Å². The molecule has 0 atom stereocenters. The van der Waals surface area contributed by atoms with Gasteiger partial charge in [-0.05, 0) is 30.9 Å². The fourth-order valence-electron chi connectivity index (χ4n) is 1.11. The first-order chi connectivity index (χ1) is 5.15. The van der Waals surface area contributed by atoms with Crippen molar-refractivity contribution in [2.45, 2.75) is 11.8 Å². The van der Waals surface area contributed by atoms with Crippen LogP contribution in [0.5, 0.6) is 0 Å². The monoisotopic (exact) mass is 168 g/mol. The molecule has 1 rings (SSSR count). The van der Waals surface area contributed by atoms with E-state index in [1.165, 1.54) is 0 Å². The first-order valence-electron chi connectivity index (χ1n) is 3.34. The van der Waals surface area contributed by atoms with E-state index in [2.05, 4.69) is 0 Å². The van der Waals surface area contributed by atoms with Crippen molar-refractivity contribution in [1.29, 1.82) is 0 Å². The van der Waals surface area contributed by atoms with Gasteiger partial charge in [0.15, 0.2) is 0 Å². The second-order valence-corrected chi connectivity index (χ2v) is 3.28. The normalized spacial score (nSPS) is 10.0. The second kappa shape index (κ2) is 3.05. The van der Waals surface area contributed by atoms with Crippen LogP contribution in [0.1, 0.15) is 5.56 Å². The van der Waals surface area contributed by atoms with Gasteiger partial charge in [0.25, 0.3) is 0 Å². The molecule has 0 radical (unpaired) electrons. The highest BCUT2D eigenvalue weighted by atomic mass is 32.2. The number of hydrogen-bond donors (Lipinski definition) is 2. The lowest BCUT2D eigenvalue weighted by Crippen LogP contribution is -1.94. The van der Waals surface area contributed by atoms with Crippen molar-refractivity contribution in [3.05, 3.63) is 17.7 Å². The molecule has 0 spiro atoms. The van der Waals surface area contributed by atoms with Crippen molar-refractivity contribution in [2.24, 2.45) is 0 Å². The fraction of sp³-hybridized carbons (Fsp3) is 0.250. The van der Waals surface area contributed by atoms with Gasteiger partial charge in [0.05, 0.1) is 0 Å². The molecule has 60 valence electrons. The molecule has 0 aromatic heterocycles. The summed E-state index contributed by atoms with van der Waals surface area (Å²) in [5.41, 5.74) is 14.0. The van der Waals surface area contributed by atoms with Crippen LogP contribution in [-0.2, 0) is 0 Å². The van der Waals surface area contributed by atoms with Gasteiger partial charge in [-0.15, -0.1) is 11.8 Å². The Morgan fingerprint density at radius 3 is 2.36 bits per heavy atom. The lowest BCUT2D eigenvalue weighted by Gasteiger charge is -2.06. The van der Waals surface area contributed by atoms with Gasteiger partial charge < -0.3 is 11.5 Å². The summed E-state index contributed by atoms with van der Waals surface area (Å²) < 4.78 is 0. The average Bonchev–Trinajstić information content (AvgIpc) is 1.85. The maximum atomic E-state index is 5.73. The van der Waals surface area contributed by atoms with E-state index in [-0.39, 0.29) is 0 Å². The van der Waals surface area contributed by atoms with Gasteiger partial charge in [0.2, 0.25) is 0 Å².